The molecule has 1 heterocycles. The van der Waals surface area contributed by atoms with Gasteiger partial charge in [-0.1, -0.05) is 18.0 Å². The fraction of sp³-hybridized carbons (Fsp3) is 0.364. The number of benzene rings is 2. The van der Waals surface area contributed by atoms with Crippen LogP contribution in [-0.2, 0) is 21.4 Å². The minimum atomic E-state index is -3.72. The first-order valence-corrected chi connectivity index (χ1v) is 11.7. The molecule has 0 saturated carbocycles. The van der Waals surface area contributed by atoms with Crippen LogP contribution in [-0.4, -0.2) is 44.7 Å². The topological polar surface area (TPSA) is 90.0 Å². The lowest BCUT2D eigenvalue weighted by Crippen LogP contribution is -2.35. The second-order valence-corrected chi connectivity index (χ2v) is 9.61. The number of piperidine rings is 1. The Kier molecular flexibility index (Phi) is 7.35. The van der Waals surface area contributed by atoms with Crippen molar-refractivity contribution < 1.29 is 27.5 Å². The highest BCUT2D eigenvalue weighted by Gasteiger charge is 2.27. The molecule has 166 valence electrons. The molecular formula is C22H24ClNO6S. The van der Waals surface area contributed by atoms with Gasteiger partial charge in [-0.15, -0.1) is 0 Å². The summed E-state index contributed by atoms with van der Waals surface area (Å²) in [5, 5.41) is 0.0899. The standard InChI is InChI=1S/C22H24ClNO6S/c1-15(25)16-6-9-21(29-2)17(12-16)14-30-22(26)19-13-18(7-8-20(19)23)31(27,28)24-10-4-3-5-11-24/h6-9,12-13H,3-5,10-11,14H2,1-2H3. The Hall–Kier alpha value is -2.42. The van der Waals surface area contributed by atoms with Crippen LogP contribution in [0.5, 0.6) is 5.75 Å². The van der Waals surface area contributed by atoms with E-state index in [1.165, 1.54) is 36.5 Å². The van der Waals surface area contributed by atoms with Crippen LogP contribution in [0.4, 0.5) is 0 Å². The molecule has 1 fully saturated rings. The fourth-order valence-electron chi connectivity index (χ4n) is 3.41. The molecule has 0 aliphatic carbocycles. The summed E-state index contributed by atoms with van der Waals surface area (Å²) in [6.07, 6.45) is 2.62. The predicted molar refractivity (Wildman–Crippen MR) is 116 cm³/mol. The summed E-state index contributed by atoms with van der Waals surface area (Å²) >= 11 is 6.16. The zero-order valence-corrected chi connectivity index (χ0v) is 19.0. The van der Waals surface area contributed by atoms with Gasteiger partial charge in [0.25, 0.3) is 0 Å². The Labute approximate surface area is 187 Å². The van der Waals surface area contributed by atoms with Gasteiger partial charge in [-0.3, -0.25) is 4.79 Å². The fourth-order valence-corrected chi connectivity index (χ4v) is 5.15. The van der Waals surface area contributed by atoms with Crippen LogP contribution < -0.4 is 4.74 Å². The Bertz CT molecular complexity index is 1090. The van der Waals surface area contributed by atoms with E-state index in [0.717, 1.165) is 19.3 Å². The zero-order valence-electron chi connectivity index (χ0n) is 17.4. The normalized spacial score (nSPS) is 14.8. The largest absolute Gasteiger partial charge is 0.496 e. The van der Waals surface area contributed by atoms with Crippen molar-refractivity contribution in [3.05, 3.63) is 58.1 Å². The lowest BCUT2D eigenvalue weighted by atomic mass is 10.1. The number of halogens is 1. The average Bonchev–Trinajstić information content (AvgIpc) is 2.77. The summed E-state index contributed by atoms with van der Waals surface area (Å²) in [5.74, 6) is -0.435. The van der Waals surface area contributed by atoms with Gasteiger partial charge in [-0.05, 0) is 56.2 Å². The smallest absolute Gasteiger partial charge is 0.340 e. The molecular weight excluding hydrogens is 442 g/mol. The number of carbonyl (C=O) groups excluding carboxylic acids is 2. The summed E-state index contributed by atoms with van der Waals surface area (Å²) in [5.41, 5.74) is 0.928. The van der Waals surface area contributed by atoms with E-state index < -0.39 is 16.0 Å². The van der Waals surface area contributed by atoms with Crippen LogP contribution in [0.1, 0.15) is 52.5 Å². The summed E-state index contributed by atoms with van der Waals surface area (Å²) in [6, 6.07) is 8.86. The highest BCUT2D eigenvalue weighted by molar-refractivity contribution is 7.89. The van der Waals surface area contributed by atoms with Crippen LogP contribution in [0, 0.1) is 0 Å². The molecule has 9 heteroatoms. The molecule has 0 spiro atoms. The number of esters is 1. The minimum Gasteiger partial charge on any atom is -0.496 e. The molecule has 0 atom stereocenters. The predicted octanol–water partition coefficient (Wildman–Crippen LogP) is 4.08. The molecule has 0 bridgehead atoms. The van der Waals surface area contributed by atoms with E-state index in [4.69, 9.17) is 21.1 Å². The highest BCUT2D eigenvalue weighted by atomic mass is 35.5. The van der Waals surface area contributed by atoms with Crippen molar-refractivity contribution in [2.24, 2.45) is 0 Å². The van der Waals surface area contributed by atoms with Crippen molar-refractivity contribution >= 4 is 33.4 Å². The van der Waals surface area contributed by atoms with E-state index in [1.807, 2.05) is 0 Å². The van der Waals surface area contributed by atoms with E-state index in [2.05, 4.69) is 0 Å². The second kappa shape index (κ2) is 9.80. The molecule has 0 amide bonds. The second-order valence-electron chi connectivity index (χ2n) is 7.27. The Morgan fingerprint density at radius 1 is 1.06 bits per heavy atom. The quantitative estimate of drug-likeness (QED) is 0.452. The number of methoxy groups -OCH3 is 1. The van der Waals surface area contributed by atoms with E-state index in [1.54, 1.807) is 18.2 Å². The van der Waals surface area contributed by atoms with Gasteiger partial charge in [0.2, 0.25) is 10.0 Å². The Balaban J connectivity index is 1.82. The van der Waals surface area contributed by atoms with Crippen LogP contribution in [0.25, 0.3) is 0 Å². The van der Waals surface area contributed by atoms with Crippen LogP contribution in [0.2, 0.25) is 5.02 Å². The third-order valence-electron chi connectivity index (χ3n) is 5.16. The van der Waals surface area contributed by atoms with Gasteiger partial charge in [0.15, 0.2) is 5.78 Å². The number of Topliss-reactive ketones (excluding diaryl/α,β-unsaturated/α-hetero) is 1. The number of hydrogen-bond donors (Lipinski definition) is 0. The van der Waals surface area contributed by atoms with Crippen molar-refractivity contribution in [3.63, 3.8) is 0 Å². The molecule has 7 nitrogen and oxygen atoms in total. The van der Waals surface area contributed by atoms with Gasteiger partial charge < -0.3 is 9.47 Å². The summed E-state index contributed by atoms with van der Waals surface area (Å²) in [6.45, 7) is 2.18. The third kappa shape index (κ3) is 5.26. The number of hydrogen-bond acceptors (Lipinski definition) is 6. The Morgan fingerprint density at radius 2 is 1.77 bits per heavy atom. The van der Waals surface area contributed by atoms with Crippen molar-refractivity contribution in [3.8, 4) is 5.75 Å². The molecule has 2 aromatic carbocycles. The molecule has 0 radical (unpaired) electrons. The average molecular weight is 466 g/mol. The van der Waals surface area contributed by atoms with Gasteiger partial charge in [-0.2, -0.15) is 4.31 Å². The number of ether oxygens (including phenoxy) is 2. The summed E-state index contributed by atoms with van der Waals surface area (Å²) < 4.78 is 37.9. The van der Waals surface area contributed by atoms with Gasteiger partial charge in [0.05, 0.1) is 22.6 Å². The molecule has 2 aromatic rings. The van der Waals surface area contributed by atoms with Crippen LogP contribution >= 0.6 is 11.6 Å². The molecule has 0 N–H and O–H groups in total. The summed E-state index contributed by atoms with van der Waals surface area (Å²) in [4.78, 5) is 24.3. The molecule has 31 heavy (non-hydrogen) atoms. The number of nitrogens with zero attached hydrogens (tertiary/aromatic N) is 1. The SMILES string of the molecule is COc1ccc(C(C)=O)cc1COC(=O)c1cc(S(=O)(=O)N2CCCCC2)ccc1Cl. The Morgan fingerprint density at radius 3 is 2.42 bits per heavy atom. The molecule has 1 saturated heterocycles. The van der Waals surface area contributed by atoms with Crippen LogP contribution in [0.3, 0.4) is 0 Å². The maximum absolute atomic E-state index is 12.9. The molecule has 0 aromatic heterocycles. The van der Waals surface area contributed by atoms with Crippen molar-refractivity contribution in [2.75, 3.05) is 20.2 Å². The van der Waals surface area contributed by atoms with E-state index in [0.29, 0.717) is 30.0 Å². The van der Waals surface area contributed by atoms with Crippen molar-refractivity contribution in [1.29, 1.82) is 0 Å². The van der Waals surface area contributed by atoms with Gasteiger partial charge >= 0.3 is 5.97 Å². The first kappa shape index (κ1) is 23.2. The molecule has 3 rings (SSSR count). The molecule has 1 aliphatic rings. The maximum atomic E-state index is 12.9. The summed E-state index contributed by atoms with van der Waals surface area (Å²) in [7, 11) is -2.25. The van der Waals surface area contributed by atoms with Crippen LogP contribution in [0.15, 0.2) is 41.3 Å². The molecule has 1 aliphatic heterocycles. The molecule has 0 unspecified atom stereocenters. The van der Waals surface area contributed by atoms with E-state index >= 15 is 0 Å². The first-order chi connectivity index (χ1) is 14.7. The van der Waals surface area contributed by atoms with E-state index in [9.17, 15) is 18.0 Å². The number of rotatable bonds is 7. The third-order valence-corrected chi connectivity index (χ3v) is 7.38. The minimum absolute atomic E-state index is 0.00177. The zero-order chi connectivity index (χ0) is 22.6. The van der Waals surface area contributed by atoms with Crippen molar-refractivity contribution in [2.45, 2.75) is 37.7 Å². The van der Waals surface area contributed by atoms with Gasteiger partial charge in [-0.25, -0.2) is 13.2 Å². The van der Waals surface area contributed by atoms with E-state index in [-0.39, 0.29) is 27.9 Å². The van der Waals surface area contributed by atoms with Crippen molar-refractivity contribution in [1.82, 2.24) is 4.31 Å². The maximum Gasteiger partial charge on any atom is 0.340 e. The van der Waals surface area contributed by atoms with Gasteiger partial charge in [0.1, 0.15) is 12.4 Å². The monoisotopic (exact) mass is 465 g/mol. The number of carbonyl (C=O) groups is 2. The number of ketones is 1. The highest BCUT2D eigenvalue weighted by Crippen LogP contribution is 2.27. The first-order valence-electron chi connectivity index (χ1n) is 9.88. The lowest BCUT2D eigenvalue weighted by Gasteiger charge is -2.26. The lowest BCUT2D eigenvalue weighted by molar-refractivity contribution is 0.0470. The van der Waals surface area contributed by atoms with Gasteiger partial charge in [0, 0.05) is 24.2 Å². The number of sulfonamides is 1.